The van der Waals surface area contributed by atoms with E-state index >= 15 is 0 Å². The Morgan fingerprint density at radius 1 is 1.17 bits per heavy atom. The zero-order chi connectivity index (χ0) is 20.1. The normalized spacial score (nSPS) is 15.0. The minimum atomic E-state index is -0.186. The molecule has 5 nitrogen and oxygen atoms in total. The molecule has 3 aromatic rings. The molecule has 1 saturated heterocycles. The largest absolute Gasteiger partial charge is 0.347 e. The van der Waals surface area contributed by atoms with E-state index in [1.54, 1.807) is 23.1 Å². The Morgan fingerprint density at radius 3 is 2.72 bits per heavy atom. The Bertz CT molecular complexity index is 957. The highest BCUT2D eigenvalue weighted by Crippen LogP contribution is 2.25. The van der Waals surface area contributed by atoms with Crippen LogP contribution in [0.4, 0.5) is 0 Å². The van der Waals surface area contributed by atoms with Crippen LogP contribution in [0.25, 0.3) is 10.2 Å². The van der Waals surface area contributed by atoms with Gasteiger partial charge in [0.25, 0.3) is 0 Å². The first-order valence-electron chi connectivity index (χ1n) is 9.73. The predicted molar refractivity (Wildman–Crippen MR) is 119 cm³/mol. The zero-order valence-corrected chi connectivity index (χ0v) is 17.7. The summed E-state index contributed by atoms with van der Waals surface area (Å²) in [4.78, 5) is 31.1. The van der Waals surface area contributed by atoms with Crippen LogP contribution in [0.15, 0.2) is 54.6 Å². The van der Waals surface area contributed by atoms with Crippen LogP contribution in [0.2, 0.25) is 0 Å². The Morgan fingerprint density at radius 2 is 1.97 bits per heavy atom. The van der Waals surface area contributed by atoms with Gasteiger partial charge in [-0.05, 0) is 24.1 Å². The van der Waals surface area contributed by atoms with Gasteiger partial charge in [0.2, 0.25) is 11.8 Å². The molecule has 7 heteroatoms. The topological polar surface area (TPSA) is 62.3 Å². The molecule has 0 bridgehead atoms. The summed E-state index contributed by atoms with van der Waals surface area (Å²) in [6.07, 6.45) is 1.50. The molecular formula is C22H23N3O2S2. The molecule has 0 aliphatic carbocycles. The quantitative estimate of drug-likeness (QED) is 0.592. The van der Waals surface area contributed by atoms with Crippen LogP contribution in [0, 0.1) is 0 Å². The minimum absolute atomic E-state index is 0.0170. The molecule has 0 saturated carbocycles. The van der Waals surface area contributed by atoms with Gasteiger partial charge >= 0.3 is 0 Å². The van der Waals surface area contributed by atoms with Crippen LogP contribution >= 0.6 is 23.1 Å². The van der Waals surface area contributed by atoms with Gasteiger partial charge in [0.1, 0.15) is 5.01 Å². The lowest BCUT2D eigenvalue weighted by Gasteiger charge is -2.25. The molecule has 4 rings (SSSR count). The van der Waals surface area contributed by atoms with Gasteiger partial charge in [-0.25, -0.2) is 4.98 Å². The molecule has 2 amide bonds. The summed E-state index contributed by atoms with van der Waals surface area (Å²) in [7, 11) is 0. The maximum Gasteiger partial charge on any atom is 0.230 e. The van der Waals surface area contributed by atoms with Crippen LogP contribution in [0.5, 0.6) is 0 Å². The second-order valence-electron chi connectivity index (χ2n) is 7.04. The van der Waals surface area contributed by atoms with Crippen molar-refractivity contribution in [3.8, 4) is 0 Å². The molecule has 1 aromatic heterocycles. The second kappa shape index (κ2) is 9.41. The van der Waals surface area contributed by atoms with E-state index in [0.717, 1.165) is 29.1 Å². The summed E-state index contributed by atoms with van der Waals surface area (Å²) < 4.78 is 1.17. The second-order valence-corrected chi connectivity index (χ2v) is 9.14. The van der Waals surface area contributed by atoms with Crippen molar-refractivity contribution in [2.75, 3.05) is 18.8 Å². The molecule has 2 aromatic carbocycles. The third-order valence-electron chi connectivity index (χ3n) is 4.91. The number of benzene rings is 2. The van der Waals surface area contributed by atoms with Crippen molar-refractivity contribution in [3.63, 3.8) is 0 Å². The molecule has 0 spiro atoms. The van der Waals surface area contributed by atoms with E-state index < -0.39 is 0 Å². The fraction of sp³-hybridized carbons (Fsp3) is 0.318. The molecule has 1 fully saturated rings. The lowest BCUT2D eigenvalue weighted by atomic mass is 10.1. The number of para-hydroxylation sites is 1. The van der Waals surface area contributed by atoms with E-state index in [9.17, 15) is 9.59 Å². The number of amides is 2. The number of nitrogens with zero attached hydrogens (tertiary/aromatic N) is 2. The lowest BCUT2D eigenvalue weighted by Crippen LogP contribution is -2.39. The standard InChI is InChI=1S/C22H23N3O2S2/c26-20(14-28-15-21-24-17-9-4-5-10-19(17)29-21)23-18(16-7-2-1-3-8-16)13-25-12-6-11-22(25)27/h1-5,7-10,18H,6,11-15H2,(H,23,26). The fourth-order valence-corrected chi connectivity index (χ4v) is 5.34. The van der Waals surface area contributed by atoms with Crippen LogP contribution in [0.1, 0.15) is 29.5 Å². The van der Waals surface area contributed by atoms with Gasteiger partial charge in [-0.15, -0.1) is 23.1 Å². The number of carbonyl (C=O) groups is 2. The minimum Gasteiger partial charge on any atom is -0.347 e. The summed E-state index contributed by atoms with van der Waals surface area (Å²) in [6.45, 7) is 1.29. The number of thioether (sulfide) groups is 1. The van der Waals surface area contributed by atoms with E-state index in [2.05, 4.69) is 16.4 Å². The summed E-state index contributed by atoms with van der Waals surface area (Å²) >= 11 is 3.24. The van der Waals surface area contributed by atoms with Crippen molar-refractivity contribution < 1.29 is 9.59 Å². The average molecular weight is 426 g/mol. The fourth-order valence-electron chi connectivity index (χ4n) is 3.49. The van der Waals surface area contributed by atoms with E-state index in [0.29, 0.717) is 24.5 Å². The van der Waals surface area contributed by atoms with Crippen LogP contribution in [-0.2, 0) is 15.3 Å². The van der Waals surface area contributed by atoms with Gasteiger partial charge in [0, 0.05) is 25.3 Å². The summed E-state index contributed by atoms with van der Waals surface area (Å²) in [5, 5.41) is 4.16. The van der Waals surface area contributed by atoms with Gasteiger partial charge < -0.3 is 10.2 Å². The first-order chi connectivity index (χ1) is 14.2. The summed E-state index contributed by atoms with van der Waals surface area (Å²) in [5.74, 6) is 1.24. The molecule has 1 atom stereocenters. The highest BCUT2D eigenvalue weighted by molar-refractivity contribution is 7.99. The third kappa shape index (κ3) is 5.16. The van der Waals surface area contributed by atoms with Crippen molar-refractivity contribution in [2.24, 2.45) is 0 Å². The van der Waals surface area contributed by atoms with Gasteiger partial charge in [-0.1, -0.05) is 42.5 Å². The zero-order valence-electron chi connectivity index (χ0n) is 16.0. The Kier molecular flexibility index (Phi) is 6.46. The van der Waals surface area contributed by atoms with Crippen LogP contribution in [0.3, 0.4) is 0 Å². The highest BCUT2D eigenvalue weighted by Gasteiger charge is 2.25. The summed E-state index contributed by atoms with van der Waals surface area (Å²) in [5.41, 5.74) is 2.04. The number of likely N-dealkylation sites (tertiary alicyclic amines) is 1. The van der Waals surface area contributed by atoms with Crippen LogP contribution < -0.4 is 5.32 Å². The van der Waals surface area contributed by atoms with Gasteiger partial charge in [0.15, 0.2) is 0 Å². The molecule has 2 heterocycles. The SMILES string of the molecule is O=C(CSCc1nc2ccccc2s1)NC(CN1CCCC1=O)c1ccccc1. The molecule has 1 N–H and O–H groups in total. The van der Waals surface area contributed by atoms with Crippen molar-refractivity contribution in [3.05, 3.63) is 65.2 Å². The molecule has 1 aliphatic heterocycles. The molecule has 1 unspecified atom stereocenters. The maximum atomic E-state index is 12.6. The number of hydrogen-bond acceptors (Lipinski definition) is 5. The van der Waals surface area contributed by atoms with E-state index in [-0.39, 0.29) is 17.9 Å². The number of rotatable bonds is 8. The number of carbonyl (C=O) groups excluding carboxylic acids is 2. The number of fused-ring (bicyclic) bond motifs is 1. The monoisotopic (exact) mass is 425 g/mol. The van der Waals surface area contributed by atoms with Crippen molar-refractivity contribution in [1.29, 1.82) is 0 Å². The molecular weight excluding hydrogens is 402 g/mol. The number of thiazole rings is 1. The average Bonchev–Trinajstić information content (AvgIpc) is 3.33. The Balaban J connectivity index is 1.33. The number of aromatic nitrogens is 1. The smallest absolute Gasteiger partial charge is 0.230 e. The van der Waals surface area contributed by atoms with Crippen molar-refractivity contribution in [1.82, 2.24) is 15.2 Å². The molecule has 150 valence electrons. The van der Waals surface area contributed by atoms with Crippen molar-refractivity contribution in [2.45, 2.75) is 24.6 Å². The highest BCUT2D eigenvalue weighted by atomic mass is 32.2. The predicted octanol–water partition coefficient (Wildman–Crippen LogP) is 4.01. The third-order valence-corrected chi connectivity index (χ3v) is 7.07. The summed E-state index contributed by atoms with van der Waals surface area (Å²) in [6, 6.07) is 17.8. The van der Waals surface area contributed by atoms with Crippen LogP contribution in [-0.4, -0.2) is 40.5 Å². The molecule has 0 radical (unpaired) electrons. The molecule has 29 heavy (non-hydrogen) atoms. The van der Waals surface area contributed by atoms with Gasteiger partial charge in [-0.3, -0.25) is 9.59 Å². The van der Waals surface area contributed by atoms with E-state index in [4.69, 9.17) is 0 Å². The first-order valence-corrected chi connectivity index (χ1v) is 11.7. The first kappa shape index (κ1) is 19.9. The maximum absolute atomic E-state index is 12.6. The van der Waals surface area contributed by atoms with E-state index in [1.165, 1.54) is 4.70 Å². The van der Waals surface area contributed by atoms with Crippen molar-refractivity contribution >= 4 is 45.1 Å². The lowest BCUT2D eigenvalue weighted by molar-refractivity contribution is -0.128. The van der Waals surface area contributed by atoms with Gasteiger partial charge in [0.05, 0.1) is 22.0 Å². The van der Waals surface area contributed by atoms with E-state index in [1.807, 2.05) is 53.4 Å². The number of hydrogen-bond donors (Lipinski definition) is 1. The number of nitrogens with one attached hydrogen (secondary N) is 1. The van der Waals surface area contributed by atoms with Gasteiger partial charge in [-0.2, -0.15) is 0 Å². The Labute approximate surface area is 178 Å². The Hall–Kier alpha value is -2.38. The molecule has 1 aliphatic rings.